The maximum atomic E-state index is 12.4. The summed E-state index contributed by atoms with van der Waals surface area (Å²) < 4.78 is 30.2. The first-order chi connectivity index (χ1) is 10.5. The van der Waals surface area contributed by atoms with E-state index in [2.05, 4.69) is 13.0 Å². The first kappa shape index (κ1) is 17.0. The van der Waals surface area contributed by atoms with E-state index in [4.69, 9.17) is 4.74 Å². The van der Waals surface area contributed by atoms with E-state index < -0.39 is 20.5 Å². The first-order valence-corrected chi connectivity index (χ1v) is 9.47. The third kappa shape index (κ3) is 2.78. The molecule has 1 aliphatic rings. The van der Waals surface area contributed by atoms with E-state index in [-0.39, 0.29) is 18.3 Å². The van der Waals surface area contributed by atoms with E-state index >= 15 is 0 Å². The van der Waals surface area contributed by atoms with Crippen molar-refractivity contribution in [3.8, 4) is 6.07 Å². The van der Waals surface area contributed by atoms with Crippen molar-refractivity contribution in [1.29, 1.82) is 5.26 Å². The van der Waals surface area contributed by atoms with Gasteiger partial charge in [0.1, 0.15) is 5.41 Å². The number of sulfone groups is 1. The maximum Gasteiger partial charge on any atom is 0.155 e. The Morgan fingerprint density at radius 1 is 1.23 bits per heavy atom. The van der Waals surface area contributed by atoms with Gasteiger partial charge in [-0.15, -0.1) is 0 Å². The minimum absolute atomic E-state index is 0.0523. The number of nitriles is 1. The van der Waals surface area contributed by atoms with Crippen LogP contribution in [0.3, 0.4) is 0 Å². The Labute approximate surface area is 133 Å². The molecule has 0 radical (unpaired) electrons. The summed E-state index contributed by atoms with van der Waals surface area (Å²) in [5.74, 6) is -0.239. The van der Waals surface area contributed by atoms with E-state index in [1.165, 1.54) is 5.56 Å². The first-order valence-electron chi connectivity index (χ1n) is 7.76. The van der Waals surface area contributed by atoms with E-state index in [1.807, 2.05) is 31.2 Å². The van der Waals surface area contributed by atoms with Crippen molar-refractivity contribution in [2.24, 2.45) is 5.41 Å². The lowest BCUT2D eigenvalue weighted by Crippen LogP contribution is -2.20. The Morgan fingerprint density at radius 3 is 2.32 bits per heavy atom. The molecular weight excluding hydrogens is 298 g/mol. The Morgan fingerprint density at radius 2 is 1.86 bits per heavy atom. The molecule has 0 saturated heterocycles. The normalized spacial score (nSPS) is 27.4. The number of hydrogen-bond acceptors (Lipinski definition) is 4. The molecule has 0 N–H and O–H groups in total. The molecule has 22 heavy (non-hydrogen) atoms. The highest BCUT2D eigenvalue weighted by Gasteiger charge is 2.71. The van der Waals surface area contributed by atoms with Crippen LogP contribution in [-0.2, 0) is 21.0 Å². The second-order valence-electron chi connectivity index (χ2n) is 5.73. The second kappa shape index (κ2) is 6.39. The molecule has 1 aromatic carbocycles. The van der Waals surface area contributed by atoms with Gasteiger partial charge >= 0.3 is 0 Å². The van der Waals surface area contributed by atoms with Gasteiger partial charge < -0.3 is 4.74 Å². The van der Waals surface area contributed by atoms with Crippen molar-refractivity contribution in [3.05, 3.63) is 35.4 Å². The number of benzene rings is 1. The standard InChI is InChI=1S/C17H23NO3S/c1-4-13-7-9-14(10-8-13)15-16(22(19,20)6-3)17(15,11-18)12-21-5-2/h7-10,15-16H,4-6,12H2,1-3H3/t15-,16-,17+/m0/s1. The fourth-order valence-corrected chi connectivity index (χ4v) is 5.16. The van der Waals surface area contributed by atoms with E-state index in [1.54, 1.807) is 6.92 Å². The van der Waals surface area contributed by atoms with Crippen LogP contribution in [-0.4, -0.2) is 32.6 Å². The summed E-state index contributed by atoms with van der Waals surface area (Å²) in [5, 5.41) is 8.99. The monoisotopic (exact) mass is 321 g/mol. The summed E-state index contributed by atoms with van der Waals surface area (Å²) >= 11 is 0. The maximum absolute atomic E-state index is 12.4. The van der Waals surface area contributed by atoms with E-state index in [9.17, 15) is 13.7 Å². The average molecular weight is 321 g/mol. The largest absolute Gasteiger partial charge is 0.380 e. The van der Waals surface area contributed by atoms with Gasteiger partial charge in [-0.2, -0.15) is 5.26 Å². The minimum atomic E-state index is -3.29. The van der Waals surface area contributed by atoms with Gasteiger partial charge in [0, 0.05) is 18.3 Å². The topological polar surface area (TPSA) is 67.2 Å². The van der Waals surface area contributed by atoms with Gasteiger partial charge in [0.15, 0.2) is 9.84 Å². The van der Waals surface area contributed by atoms with Crippen molar-refractivity contribution in [2.75, 3.05) is 19.0 Å². The third-order valence-corrected chi connectivity index (χ3v) is 6.82. The number of rotatable bonds is 7. The number of nitrogens with zero attached hydrogens (tertiary/aromatic N) is 1. The highest BCUT2D eigenvalue weighted by Crippen LogP contribution is 2.62. The summed E-state index contributed by atoms with van der Waals surface area (Å²) in [5.41, 5.74) is 1.17. The summed E-state index contributed by atoms with van der Waals surface area (Å²) in [7, 11) is -3.29. The molecule has 120 valence electrons. The highest BCUT2D eigenvalue weighted by molar-refractivity contribution is 7.92. The molecule has 0 amide bonds. The SMILES string of the molecule is CCOC[C@]1(C#N)[C@@H](c2ccc(CC)cc2)[C@@H]1S(=O)(=O)CC. The quantitative estimate of drug-likeness (QED) is 0.774. The summed E-state index contributed by atoms with van der Waals surface area (Å²) in [4.78, 5) is 0. The molecule has 0 aromatic heterocycles. The Balaban J connectivity index is 2.40. The summed E-state index contributed by atoms with van der Waals surface area (Å²) in [6.45, 7) is 6.20. The van der Waals surface area contributed by atoms with Crippen LogP contribution in [0.2, 0.25) is 0 Å². The van der Waals surface area contributed by atoms with Gasteiger partial charge in [-0.25, -0.2) is 8.42 Å². The molecule has 1 aromatic rings. The van der Waals surface area contributed by atoms with Gasteiger partial charge in [-0.05, 0) is 24.5 Å². The Hall–Kier alpha value is -1.38. The zero-order valence-corrected chi connectivity index (χ0v) is 14.2. The number of aryl methyl sites for hydroxylation is 1. The summed E-state index contributed by atoms with van der Waals surface area (Å²) in [6, 6.07) is 10.2. The van der Waals surface area contributed by atoms with Crippen LogP contribution in [0.4, 0.5) is 0 Å². The van der Waals surface area contributed by atoms with E-state index in [0.29, 0.717) is 6.61 Å². The van der Waals surface area contributed by atoms with E-state index in [0.717, 1.165) is 12.0 Å². The second-order valence-corrected chi connectivity index (χ2v) is 8.15. The van der Waals surface area contributed by atoms with Crippen molar-refractivity contribution < 1.29 is 13.2 Å². The van der Waals surface area contributed by atoms with Crippen LogP contribution in [0.15, 0.2) is 24.3 Å². The molecule has 0 bridgehead atoms. The molecule has 0 unspecified atom stereocenters. The molecular formula is C17H23NO3S. The molecule has 1 saturated carbocycles. The molecule has 3 atom stereocenters. The molecule has 1 aliphatic carbocycles. The molecule has 0 aliphatic heterocycles. The predicted molar refractivity (Wildman–Crippen MR) is 86.3 cm³/mol. The van der Waals surface area contributed by atoms with Crippen LogP contribution in [0.1, 0.15) is 37.8 Å². The van der Waals surface area contributed by atoms with Gasteiger partial charge in [0.25, 0.3) is 0 Å². The van der Waals surface area contributed by atoms with Gasteiger partial charge in [0.2, 0.25) is 0 Å². The predicted octanol–water partition coefficient (Wildman–Crippen LogP) is 2.70. The number of ether oxygens (including phenoxy) is 1. The van der Waals surface area contributed by atoms with Crippen LogP contribution >= 0.6 is 0 Å². The van der Waals surface area contributed by atoms with Crippen LogP contribution in [0.5, 0.6) is 0 Å². The van der Waals surface area contributed by atoms with Gasteiger partial charge in [-0.1, -0.05) is 38.1 Å². The van der Waals surface area contributed by atoms with Gasteiger partial charge in [0.05, 0.1) is 17.9 Å². The van der Waals surface area contributed by atoms with Crippen LogP contribution < -0.4 is 0 Å². The molecule has 1 fully saturated rings. The smallest absolute Gasteiger partial charge is 0.155 e. The Bertz CT molecular complexity index is 660. The van der Waals surface area contributed by atoms with Crippen molar-refractivity contribution in [1.82, 2.24) is 0 Å². The van der Waals surface area contributed by atoms with Crippen molar-refractivity contribution in [3.63, 3.8) is 0 Å². The van der Waals surface area contributed by atoms with Crippen LogP contribution in [0, 0.1) is 16.7 Å². The molecule has 5 heteroatoms. The zero-order valence-electron chi connectivity index (χ0n) is 13.4. The lowest BCUT2D eigenvalue weighted by atomic mass is 10.00. The van der Waals surface area contributed by atoms with Gasteiger partial charge in [-0.3, -0.25) is 0 Å². The fraction of sp³-hybridized carbons (Fsp3) is 0.588. The highest BCUT2D eigenvalue weighted by atomic mass is 32.2. The third-order valence-electron chi connectivity index (χ3n) is 4.55. The van der Waals surface area contributed by atoms with Crippen molar-refractivity contribution in [2.45, 2.75) is 38.4 Å². The number of hydrogen-bond donors (Lipinski definition) is 0. The Kier molecular flexibility index (Phi) is 4.93. The minimum Gasteiger partial charge on any atom is -0.380 e. The van der Waals surface area contributed by atoms with Crippen molar-refractivity contribution >= 4 is 9.84 Å². The average Bonchev–Trinajstić information content (AvgIpc) is 3.23. The lowest BCUT2D eigenvalue weighted by Gasteiger charge is -2.09. The fourth-order valence-electron chi connectivity index (χ4n) is 3.15. The lowest BCUT2D eigenvalue weighted by molar-refractivity contribution is 0.117. The molecule has 0 heterocycles. The molecule has 4 nitrogen and oxygen atoms in total. The molecule has 2 rings (SSSR count). The van der Waals surface area contributed by atoms with Crippen LogP contribution in [0.25, 0.3) is 0 Å². The zero-order chi connectivity index (χ0) is 16.4. The molecule has 0 spiro atoms. The summed E-state index contributed by atoms with van der Waals surface area (Å²) in [6.07, 6.45) is 0.934.